The van der Waals surface area contributed by atoms with Crippen LogP contribution >= 0.6 is 11.6 Å². The molecule has 1 unspecified atom stereocenters. The number of anilines is 1. The van der Waals surface area contributed by atoms with Gasteiger partial charge in [0.2, 0.25) is 0 Å². The van der Waals surface area contributed by atoms with Crippen LogP contribution in [0.4, 0.5) is 5.69 Å². The second-order valence-electron chi connectivity index (χ2n) is 5.07. The van der Waals surface area contributed by atoms with Crippen LogP contribution in [0.1, 0.15) is 18.5 Å². The highest BCUT2D eigenvalue weighted by atomic mass is 35.5. The molecule has 0 radical (unpaired) electrons. The van der Waals surface area contributed by atoms with E-state index in [9.17, 15) is 5.11 Å². The molecule has 0 heterocycles. The highest BCUT2D eigenvalue weighted by molar-refractivity contribution is 6.31. The molecule has 0 aliphatic rings. The van der Waals surface area contributed by atoms with E-state index in [0.717, 1.165) is 27.0 Å². The predicted molar refractivity (Wildman–Crippen MR) is 89.1 cm³/mol. The van der Waals surface area contributed by atoms with E-state index in [2.05, 4.69) is 12.2 Å². The van der Waals surface area contributed by atoms with Crippen LogP contribution in [0.2, 0.25) is 5.02 Å². The lowest BCUT2D eigenvalue weighted by molar-refractivity contribution is 0.481. The summed E-state index contributed by atoms with van der Waals surface area (Å²) in [6.07, 6.45) is 0. The summed E-state index contributed by atoms with van der Waals surface area (Å²) in [4.78, 5) is 0. The third-order valence-corrected chi connectivity index (χ3v) is 3.99. The molecule has 3 aromatic carbocycles. The van der Waals surface area contributed by atoms with Gasteiger partial charge in [0.05, 0.1) is 6.04 Å². The molecule has 0 spiro atoms. The van der Waals surface area contributed by atoms with Gasteiger partial charge in [-0.25, -0.2) is 0 Å². The van der Waals surface area contributed by atoms with Crippen molar-refractivity contribution >= 4 is 28.1 Å². The first kappa shape index (κ1) is 13.8. The van der Waals surface area contributed by atoms with Gasteiger partial charge in [0.15, 0.2) is 0 Å². The largest absolute Gasteiger partial charge is 0.507 e. The third kappa shape index (κ3) is 2.67. The van der Waals surface area contributed by atoms with Gasteiger partial charge in [-0.1, -0.05) is 54.1 Å². The quantitative estimate of drug-likeness (QED) is 0.681. The van der Waals surface area contributed by atoms with E-state index in [-0.39, 0.29) is 6.04 Å². The molecule has 1 atom stereocenters. The first-order valence-corrected chi connectivity index (χ1v) is 7.26. The van der Waals surface area contributed by atoms with Gasteiger partial charge in [-0.2, -0.15) is 0 Å². The highest BCUT2D eigenvalue weighted by Gasteiger charge is 2.11. The van der Waals surface area contributed by atoms with Gasteiger partial charge in [-0.3, -0.25) is 0 Å². The third-order valence-electron chi connectivity index (χ3n) is 3.64. The smallest absolute Gasteiger partial charge is 0.123 e. The number of fused-ring (bicyclic) bond motifs is 1. The minimum absolute atomic E-state index is 0.0756. The van der Waals surface area contributed by atoms with Crippen LogP contribution < -0.4 is 5.32 Å². The molecule has 0 amide bonds. The van der Waals surface area contributed by atoms with Crippen LogP contribution in [0.15, 0.2) is 60.7 Å². The van der Waals surface area contributed by atoms with Gasteiger partial charge in [0.1, 0.15) is 5.75 Å². The molecule has 0 aliphatic carbocycles. The zero-order valence-electron chi connectivity index (χ0n) is 11.7. The molecule has 3 rings (SSSR count). The molecule has 3 aromatic rings. The van der Waals surface area contributed by atoms with Gasteiger partial charge >= 0.3 is 0 Å². The molecular weight excluding hydrogens is 282 g/mol. The SMILES string of the molecule is CC(Nc1cccc2c(O)cccc12)c1ccccc1Cl. The molecule has 2 nitrogen and oxygen atoms in total. The Morgan fingerprint density at radius 1 is 0.905 bits per heavy atom. The first-order valence-electron chi connectivity index (χ1n) is 6.88. The Labute approximate surface area is 129 Å². The number of nitrogens with one attached hydrogen (secondary N) is 1. The fourth-order valence-corrected chi connectivity index (χ4v) is 2.86. The van der Waals surface area contributed by atoms with Crippen molar-refractivity contribution in [2.45, 2.75) is 13.0 Å². The van der Waals surface area contributed by atoms with Crippen molar-refractivity contribution in [3.05, 3.63) is 71.2 Å². The van der Waals surface area contributed by atoms with Gasteiger partial charge in [-0.05, 0) is 30.7 Å². The Balaban J connectivity index is 1.99. The molecule has 0 bridgehead atoms. The van der Waals surface area contributed by atoms with Crippen LogP contribution in [0.3, 0.4) is 0 Å². The Bertz CT molecular complexity index is 785. The van der Waals surface area contributed by atoms with Crippen LogP contribution in [0, 0.1) is 0 Å². The van der Waals surface area contributed by atoms with Crippen molar-refractivity contribution in [3.63, 3.8) is 0 Å². The van der Waals surface area contributed by atoms with E-state index < -0.39 is 0 Å². The lowest BCUT2D eigenvalue weighted by Gasteiger charge is -2.18. The molecule has 0 aromatic heterocycles. The molecule has 21 heavy (non-hydrogen) atoms. The van der Waals surface area contributed by atoms with Gasteiger partial charge in [0.25, 0.3) is 0 Å². The molecule has 0 saturated carbocycles. The summed E-state index contributed by atoms with van der Waals surface area (Å²) in [5.74, 6) is 0.293. The van der Waals surface area contributed by atoms with Crippen LogP contribution in [0.25, 0.3) is 10.8 Å². The summed E-state index contributed by atoms with van der Waals surface area (Å²) in [5.41, 5.74) is 2.03. The molecule has 0 aliphatic heterocycles. The summed E-state index contributed by atoms with van der Waals surface area (Å²) in [6, 6.07) is 19.3. The number of benzene rings is 3. The van der Waals surface area contributed by atoms with Gasteiger partial charge in [0, 0.05) is 21.5 Å². The number of phenols is 1. The van der Waals surface area contributed by atoms with Crippen molar-refractivity contribution < 1.29 is 5.11 Å². The van der Waals surface area contributed by atoms with Crippen molar-refractivity contribution in [1.82, 2.24) is 0 Å². The van der Waals surface area contributed by atoms with Crippen LogP contribution in [-0.4, -0.2) is 5.11 Å². The summed E-state index contributed by atoms with van der Waals surface area (Å²) in [6.45, 7) is 2.07. The van der Waals surface area contributed by atoms with Crippen LogP contribution in [-0.2, 0) is 0 Å². The van der Waals surface area contributed by atoms with E-state index in [0.29, 0.717) is 5.75 Å². The number of halogens is 1. The summed E-state index contributed by atoms with van der Waals surface area (Å²) in [7, 11) is 0. The zero-order valence-corrected chi connectivity index (χ0v) is 12.4. The Morgan fingerprint density at radius 2 is 1.62 bits per heavy atom. The number of rotatable bonds is 3. The van der Waals surface area contributed by atoms with E-state index in [1.807, 2.05) is 54.6 Å². The molecule has 0 fully saturated rings. The van der Waals surface area contributed by atoms with Gasteiger partial charge in [-0.15, -0.1) is 0 Å². The van der Waals surface area contributed by atoms with Gasteiger partial charge < -0.3 is 10.4 Å². The average molecular weight is 298 g/mol. The van der Waals surface area contributed by atoms with E-state index in [1.54, 1.807) is 6.07 Å². The maximum absolute atomic E-state index is 9.94. The second-order valence-corrected chi connectivity index (χ2v) is 5.47. The Kier molecular flexibility index (Phi) is 3.72. The van der Waals surface area contributed by atoms with Crippen molar-refractivity contribution in [2.75, 3.05) is 5.32 Å². The lowest BCUT2D eigenvalue weighted by Crippen LogP contribution is -2.07. The van der Waals surface area contributed by atoms with Crippen molar-refractivity contribution in [1.29, 1.82) is 0 Å². The molecule has 106 valence electrons. The van der Waals surface area contributed by atoms with Crippen molar-refractivity contribution in [2.24, 2.45) is 0 Å². The van der Waals surface area contributed by atoms with E-state index in [4.69, 9.17) is 11.6 Å². The number of hydrogen-bond donors (Lipinski definition) is 2. The number of aromatic hydroxyl groups is 1. The monoisotopic (exact) mass is 297 g/mol. The summed E-state index contributed by atoms with van der Waals surface area (Å²) in [5, 5.41) is 16.0. The molecular formula is C18H16ClNO. The number of phenolic OH excluding ortho intramolecular Hbond substituents is 1. The predicted octanol–water partition coefficient (Wildman–Crippen LogP) is 5.37. The minimum Gasteiger partial charge on any atom is -0.507 e. The van der Waals surface area contributed by atoms with E-state index in [1.165, 1.54) is 0 Å². The topological polar surface area (TPSA) is 32.3 Å². The first-order chi connectivity index (χ1) is 10.2. The zero-order chi connectivity index (χ0) is 14.8. The summed E-state index contributed by atoms with van der Waals surface area (Å²) >= 11 is 6.25. The molecule has 2 N–H and O–H groups in total. The fraction of sp³-hybridized carbons (Fsp3) is 0.111. The normalized spacial score (nSPS) is 12.3. The lowest BCUT2D eigenvalue weighted by atomic mass is 10.0. The summed E-state index contributed by atoms with van der Waals surface area (Å²) < 4.78 is 0. The van der Waals surface area contributed by atoms with Crippen molar-refractivity contribution in [3.8, 4) is 5.75 Å². The maximum Gasteiger partial charge on any atom is 0.123 e. The Hall–Kier alpha value is -2.19. The van der Waals surface area contributed by atoms with E-state index >= 15 is 0 Å². The standard InChI is InChI=1S/C18H16ClNO/c1-12(13-6-2-3-9-16(13)19)20-17-10-4-8-15-14(17)7-5-11-18(15)21/h2-12,20-21H,1H3. The highest BCUT2D eigenvalue weighted by Crippen LogP contribution is 2.32. The van der Waals surface area contributed by atoms with Crippen LogP contribution in [0.5, 0.6) is 5.75 Å². The Morgan fingerprint density at radius 3 is 2.43 bits per heavy atom. The molecule has 0 saturated heterocycles. The number of hydrogen-bond acceptors (Lipinski definition) is 2. The molecule has 3 heteroatoms. The minimum atomic E-state index is 0.0756. The maximum atomic E-state index is 9.94. The fourth-order valence-electron chi connectivity index (χ4n) is 2.56. The second kappa shape index (κ2) is 5.66. The average Bonchev–Trinajstić information content (AvgIpc) is 2.49.